The highest BCUT2D eigenvalue weighted by molar-refractivity contribution is 5.97. The lowest BCUT2D eigenvalue weighted by molar-refractivity contribution is -0.224. The molecule has 6 heteroatoms. The molecular formula is C26H31N3O3. The van der Waals surface area contributed by atoms with E-state index in [2.05, 4.69) is 30.5 Å². The SMILES string of the molecule is CC(C)CC1C(=O)N(C)C(Cc2cn(C)c3ccccc23)C(=O)N1OCc1ccccc1. The van der Waals surface area contributed by atoms with Crippen LogP contribution in [0, 0.1) is 5.92 Å². The summed E-state index contributed by atoms with van der Waals surface area (Å²) < 4.78 is 2.06. The molecule has 1 aliphatic heterocycles. The minimum absolute atomic E-state index is 0.0726. The van der Waals surface area contributed by atoms with Gasteiger partial charge in [0, 0.05) is 37.6 Å². The average Bonchev–Trinajstić information content (AvgIpc) is 3.11. The second kappa shape index (κ2) is 9.17. The molecule has 0 aliphatic carbocycles. The molecule has 6 nitrogen and oxygen atoms in total. The molecular weight excluding hydrogens is 402 g/mol. The monoisotopic (exact) mass is 433 g/mol. The first-order valence-corrected chi connectivity index (χ1v) is 11.2. The maximum atomic E-state index is 13.6. The summed E-state index contributed by atoms with van der Waals surface area (Å²) in [7, 11) is 3.73. The van der Waals surface area contributed by atoms with Crippen molar-refractivity contribution in [3.05, 3.63) is 71.9 Å². The first-order valence-electron chi connectivity index (χ1n) is 11.2. The highest BCUT2D eigenvalue weighted by Crippen LogP contribution is 2.28. The van der Waals surface area contributed by atoms with E-state index in [1.165, 1.54) is 5.06 Å². The number of amides is 2. The summed E-state index contributed by atoms with van der Waals surface area (Å²) >= 11 is 0. The van der Waals surface area contributed by atoms with Crippen LogP contribution in [0.15, 0.2) is 60.8 Å². The van der Waals surface area contributed by atoms with E-state index in [0.717, 1.165) is 22.0 Å². The molecule has 0 N–H and O–H groups in total. The Morgan fingerprint density at radius 3 is 2.31 bits per heavy atom. The van der Waals surface area contributed by atoms with Gasteiger partial charge in [-0.1, -0.05) is 62.4 Å². The van der Waals surface area contributed by atoms with E-state index >= 15 is 0 Å². The first kappa shape index (κ1) is 22.1. The molecule has 2 amide bonds. The van der Waals surface area contributed by atoms with Crippen molar-refractivity contribution in [3.8, 4) is 0 Å². The highest BCUT2D eigenvalue weighted by Gasteiger charge is 2.45. The number of aromatic nitrogens is 1. The molecule has 3 aromatic rings. The van der Waals surface area contributed by atoms with E-state index in [1.54, 1.807) is 11.9 Å². The van der Waals surface area contributed by atoms with E-state index in [0.29, 0.717) is 12.8 Å². The largest absolute Gasteiger partial charge is 0.350 e. The number of hydroxylamine groups is 2. The van der Waals surface area contributed by atoms with Crippen molar-refractivity contribution in [1.29, 1.82) is 0 Å². The fourth-order valence-corrected chi connectivity index (χ4v) is 4.49. The quantitative estimate of drug-likeness (QED) is 0.567. The molecule has 2 aromatic carbocycles. The van der Waals surface area contributed by atoms with Crippen molar-refractivity contribution in [2.75, 3.05) is 7.05 Å². The van der Waals surface area contributed by atoms with Gasteiger partial charge in [-0.15, -0.1) is 0 Å². The van der Waals surface area contributed by atoms with Gasteiger partial charge in [-0.05, 0) is 29.5 Å². The molecule has 0 saturated carbocycles. The molecule has 0 spiro atoms. The van der Waals surface area contributed by atoms with Gasteiger partial charge >= 0.3 is 0 Å². The van der Waals surface area contributed by atoms with Crippen LogP contribution in [0.5, 0.6) is 0 Å². The third kappa shape index (κ3) is 4.28. The Hall–Kier alpha value is -3.12. The van der Waals surface area contributed by atoms with Crippen LogP contribution in [0.1, 0.15) is 31.4 Å². The fourth-order valence-electron chi connectivity index (χ4n) is 4.49. The zero-order valence-electron chi connectivity index (χ0n) is 19.2. The Kier molecular flexibility index (Phi) is 6.33. The number of likely N-dealkylation sites (N-methyl/N-ethyl adjacent to an activating group) is 1. The van der Waals surface area contributed by atoms with Crippen LogP contribution in [-0.2, 0) is 34.5 Å². The van der Waals surface area contributed by atoms with Crippen LogP contribution in [0.4, 0.5) is 0 Å². The summed E-state index contributed by atoms with van der Waals surface area (Å²) in [6, 6.07) is 16.6. The molecule has 1 saturated heterocycles. The van der Waals surface area contributed by atoms with Gasteiger partial charge in [0.1, 0.15) is 18.7 Å². The maximum Gasteiger partial charge on any atom is 0.269 e. The van der Waals surface area contributed by atoms with Crippen LogP contribution in [-0.4, -0.2) is 45.5 Å². The van der Waals surface area contributed by atoms with Crippen molar-refractivity contribution in [1.82, 2.24) is 14.5 Å². The van der Waals surface area contributed by atoms with E-state index in [-0.39, 0.29) is 24.3 Å². The summed E-state index contributed by atoms with van der Waals surface area (Å²) in [4.78, 5) is 34.6. The number of rotatable bonds is 7. The highest BCUT2D eigenvalue weighted by atomic mass is 16.7. The number of fused-ring (bicyclic) bond motifs is 1. The summed E-state index contributed by atoms with van der Waals surface area (Å²) in [5.41, 5.74) is 3.11. The normalized spacial score (nSPS) is 19.4. The Morgan fingerprint density at radius 2 is 1.59 bits per heavy atom. The lowest BCUT2D eigenvalue weighted by atomic mass is 9.95. The van der Waals surface area contributed by atoms with Gasteiger partial charge in [0.15, 0.2) is 0 Å². The summed E-state index contributed by atoms with van der Waals surface area (Å²) in [5, 5.41) is 2.45. The van der Waals surface area contributed by atoms with Gasteiger partial charge in [-0.2, -0.15) is 0 Å². The smallest absolute Gasteiger partial charge is 0.269 e. The number of hydrogen-bond acceptors (Lipinski definition) is 3. The lowest BCUT2D eigenvalue weighted by Crippen LogP contribution is -2.64. The van der Waals surface area contributed by atoms with Gasteiger partial charge in [-0.3, -0.25) is 14.4 Å². The van der Waals surface area contributed by atoms with E-state index in [1.807, 2.05) is 55.7 Å². The Morgan fingerprint density at radius 1 is 0.906 bits per heavy atom. The predicted octanol–water partition coefficient (Wildman–Crippen LogP) is 3.94. The minimum atomic E-state index is -0.611. The molecule has 168 valence electrons. The molecule has 1 fully saturated rings. The van der Waals surface area contributed by atoms with Gasteiger partial charge in [0.25, 0.3) is 5.91 Å². The van der Waals surface area contributed by atoms with Gasteiger partial charge in [0.2, 0.25) is 5.91 Å². The number of hydrogen-bond donors (Lipinski definition) is 0. The summed E-state index contributed by atoms with van der Waals surface area (Å²) in [5.74, 6) is 0.0146. The van der Waals surface area contributed by atoms with Gasteiger partial charge in [0.05, 0.1) is 0 Å². The fraction of sp³-hybridized carbons (Fsp3) is 0.385. The minimum Gasteiger partial charge on any atom is -0.350 e. The molecule has 0 radical (unpaired) electrons. The van der Waals surface area contributed by atoms with Crippen molar-refractivity contribution < 1.29 is 14.4 Å². The second-order valence-electron chi connectivity index (χ2n) is 9.02. The summed E-state index contributed by atoms with van der Waals surface area (Å²) in [6.45, 7) is 4.35. The van der Waals surface area contributed by atoms with E-state index in [9.17, 15) is 9.59 Å². The van der Waals surface area contributed by atoms with Crippen LogP contribution in [0.3, 0.4) is 0 Å². The number of carbonyl (C=O) groups is 2. The van der Waals surface area contributed by atoms with E-state index < -0.39 is 12.1 Å². The van der Waals surface area contributed by atoms with Crippen molar-refractivity contribution in [2.45, 2.75) is 45.4 Å². The molecule has 4 rings (SSSR count). The topological polar surface area (TPSA) is 54.8 Å². The number of carbonyl (C=O) groups excluding carboxylic acids is 2. The van der Waals surface area contributed by atoms with Gasteiger partial charge < -0.3 is 9.47 Å². The molecule has 0 bridgehead atoms. The lowest BCUT2D eigenvalue weighted by Gasteiger charge is -2.43. The van der Waals surface area contributed by atoms with Crippen molar-refractivity contribution in [2.24, 2.45) is 13.0 Å². The number of piperazine rings is 1. The third-order valence-corrected chi connectivity index (χ3v) is 6.19. The number of aryl methyl sites for hydroxylation is 1. The first-order chi connectivity index (χ1) is 15.4. The molecule has 2 atom stereocenters. The molecule has 1 aliphatic rings. The Balaban J connectivity index is 1.62. The zero-order valence-corrected chi connectivity index (χ0v) is 19.2. The third-order valence-electron chi connectivity index (χ3n) is 6.19. The van der Waals surface area contributed by atoms with Crippen LogP contribution in [0.25, 0.3) is 10.9 Å². The van der Waals surface area contributed by atoms with Crippen LogP contribution >= 0.6 is 0 Å². The van der Waals surface area contributed by atoms with Crippen LogP contribution < -0.4 is 0 Å². The molecule has 32 heavy (non-hydrogen) atoms. The Bertz CT molecular complexity index is 1110. The molecule has 2 unspecified atom stereocenters. The van der Waals surface area contributed by atoms with Gasteiger partial charge in [-0.25, -0.2) is 5.06 Å². The molecule has 2 heterocycles. The van der Waals surface area contributed by atoms with Crippen LogP contribution in [0.2, 0.25) is 0 Å². The number of para-hydroxylation sites is 1. The second-order valence-corrected chi connectivity index (χ2v) is 9.02. The van der Waals surface area contributed by atoms with Crippen molar-refractivity contribution >= 4 is 22.7 Å². The molecule has 1 aromatic heterocycles. The predicted molar refractivity (Wildman–Crippen MR) is 125 cm³/mol. The standard InChI is InChI=1S/C26H31N3O3/c1-18(2)14-24-25(30)28(4)23(15-20-16-27(3)22-13-9-8-12-21(20)22)26(31)29(24)32-17-19-10-6-5-7-11-19/h5-13,16,18,23-24H,14-15,17H2,1-4H3. The number of nitrogens with zero attached hydrogens (tertiary/aromatic N) is 3. The zero-order chi connectivity index (χ0) is 22.8. The summed E-state index contributed by atoms with van der Waals surface area (Å²) in [6.07, 6.45) is 3.05. The number of benzene rings is 2. The average molecular weight is 434 g/mol. The Labute approximate surface area is 189 Å². The van der Waals surface area contributed by atoms with E-state index in [4.69, 9.17) is 4.84 Å². The maximum absolute atomic E-state index is 13.6. The van der Waals surface area contributed by atoms with Crippen molar-refractivity contribution in [3.63, 3.8) is 0 Å².